The van der Waals surface area contributed by atoms with Crippen molar-refractivity contribution < 1.29 is 9.90 Å². The van der Waals surface area contributed by atoms with Gasteiger partial charge in [0.25, 0.3) is 0 Å². The first-order valence-corrected chi connectivity index (χ1v) is 12.0. The van der Waals surface area contributed by atoms with Crippen LogP contribution in [0.15, 0.2) is 57.0 Å². The predicted molar refractivity (Wildman–Crippen MR) is 137 cm³/mol. The molecule has 0 saturated heterocycles. The number of halogens is 2. The molecule has 35 heavy (non-hydrogen) atoms. The van der Waals surface area contributed by atoms with Crippen LogP contribution in [0, 0.1) is 11.8 Å². The molecular weight excluding hydrogens is 491 g/mol. The summed E-state index contributed by atoms with van der Waals surface area (Å²) in [5.74, 6) is -1.65. The van der Waals surface area contributed by atoms with Gasteiger partial charge in [-0.2, -0.15) is 0 Å². The monoisotopic (exact) mass is 518 g/mol. The van der Waals surface area contributed by atoms with Gasteiger partial charge in [-0.1, -0.05) is 55.2 Å². The maximum Gasteiger partial charge on any atom is 0.335 e. The Bertz CT molecular complexity index is 1400. The summed E-state index contributed by atoms with van der Waals surface area (Å²) in [6.07, 6.45) is 0.808. The molecular formula is C25H28Cl2N4O4. The molecule has 1 heterocycles. The first-order chi connectivity index (χ1) is 16.5. The van der Waals surface area contributed by atoms with Crippen molar-refractivity contribution in [1.29, 1.82) is 0 Å². The molecule has 0 aliphatic heterocycles. The van der Waals surface area contributed by atoms with E-state index in [9.17, 15) is 19.5 Å². The number of carboxylic acid groups (broad SMARTS) is 1. The van der Waals surface area contributed by atoms with Gasteiger partial charge in [-0.3, -0.25) is 14.3 Å². The fourth-order valence-corrected chi connectivity index (χ4v) is 4.03. The molecule has 0 spiro atoms. The van der Waals surface area contributed by atoms with Crippen LogP contribution in [-0.4, -0.2) is 25.2 Å². The highest BCUT2D eigenvalue weighted by molar-refractivity contribution is 6.31. The molecule has 1 aromatic heterocycles. The first-order valence-electron chi connectivity index (χ1n) is 11.2. The van der Waals surface area contributed by atoms with E-state index in [2.05, 4.69) is 23.8 Å². The molecule has 0 bridgehead atoms. The van der Waals surface area contributed by atoms with Crippen molar-refractivity contribution in [2.24, 2.45) is 16.8 Å². The van der Waals surface area contributed by atoms with Crippen molar-refractivity contribution in [3.8, 4) is 0 Å². The molecule has 10 heteroatoms. The molecule has 8 nitrogen and oxygen atoms in total. The normalized spacial score (nSPS) is 13.7. The topological polar surface area (TPSA) is 109 Å². The minimum Gasteiger partial charge on any atom is -0.481 e. The highest BCUT2D eigenvalue weighted by atomic mass is 35.5. The van der Waals surface area contributed by atoms with Crippen LogP contribution in [0.5, 0.6) is 0 Å². The number of H-pyrrole nitrogens is 1. The second-order valence-corrected chi connectivity index (χ2v) is 9.82. The van der Waals surface area contributed by atoms with Crippen molar-refractivity contribution in [1.82, 2.24) is 14.1 Å². The Labute approximate surface area is 212 Å². The van der Waals surface area contributed by atoms with Gasteiger partial charge in [0.05, 0.1) is 24.2 Å². The molecule has 186 valence electrons. The summed E-state index contributed by atoms with van der Waals surface area (Å²) in [4.78, 5) is 45.0. The molecule has 3 aromatic rings. The van der Waals surface area contributed by atoms with Gasteiger partial charge in [0.2, 0.25) is 5.62 Å². The van der Waals surface area contributed by atoms with Crippen LogP contribution in [-0.2, 0) is 17.8 Å². The fraction of sp³-hybridized carbons (Fsp3) is 0.360. The zero-order chi connectivity index (χ0) is 25.9. The highest BCUT2D eigenvalue weighted by Crippen LogP contribution is 2.24. The summed E-state index contributed by atoms with van der Waals surface area (Å²) >= 11 is 12.4. The number of aliphatic carboxylic acids is 1. The van der Waals surface area contributed by atoms with Crippen LogP contribution >= 0.6 is 23.2 Å². The molecule has 0 fully saturated rings. The Morgan fingerprint density at radius 2 is 1.71 bits per heavy atom. The summed E-state index contributed by atoms with van der Waals surface area (Å²) in [5.41, 5.74) is 0.793. The standard InChI is InChI=1S/C25H28Cl2N4O4/c1-14(2)11-18-7-10-20(12-21(18)27)28-23-29-24(34)31(16(4)15(3)22(32)33)25(35)30(23)13-17-5-8-19(26)9-6-17/h5-10,12,14-16H,11,13H2,1-4H3,(H,32,33)(H,28,29,34)/t15-,16+/m0/s1. The maximum absolute atomic E-state index is 13.5. The van der Waals surface area contributed by atoms with Gasteiger partial charge >= 0.3 is 17.3 Å². The largest absolute Gasteiger partial charge is 0.481 e. The molecule has 0 radical (unpaired) electrons. The van der Waals surface area contributed by atoms with E-state index in [1.165, 1.54) is 18.4 Å². The number of nitrogens with one attached hydrogen (secondary N) is 1. The molecule has 3 rings (SSSR count). The molecule has 2 aromatic carbocycles. The number of aromatic nitrogens is 3. The second-order valence-electron chi connectivity index (χ2n) is 8.97. The van der Waals surface area contributed by atoms with Crippen molar-refractivity contribution in [3.05, 3.63) is 90.2 Å². The Balaban J connectivity index is 2.21. The van der Waals surface area contributed by atoms with Gasteiger partial charge in [-0.25, -0.2) is 19.1 Å². The van der Waals surface area contributed by atoms with Gasteiger partial charge in [0, 0.05) is 10.0 Å². The average Bonchev–Trinajstić information content (AvgIpc) is 2.78. The van der Waals surface area contributed by atoms with Crippen LogP contribution in [0.25, 0.3) is 0 Å². The number of carbonyl (C=O) groups is 1. The van der Waals surface area contributed by atoms with Crippen LogP contribution in [0.1, 0.15) is 44.9 Å². The zero-order valence-electron chi connectivity index (χ0n) is 20.0. The van der Waals surface area contributed by atoms with E-state index in [1.807, 2.05) is 6.07 Å². The van der Waals surface area contributed by atoms with Gasteiger partial charge in [0.15, 0.2) is 0 Å². The van der Waals surface area contributed by atoms with Crippen LogP contribution in [0.3, 0.4) is 0 Å². The fourth-order valence-electron chi connectivity index (χ4n) is 3.66. The van der Waals surface area contributed by atoms with Crippen LogP contribution < -0.4 is 17.0 Å². The van der Waals surface area contributed by atoms with E-state index in [0.29, 0.717) is 21.7 Å². The van der Waals surface area contributed by atoms with E-state index >= 15 is 0 Å². The van der Waals surface area contributed by atoms with Gasteiger partial charge in [0.1, 0.15) is 0 Å². The molecule has 0 amide bonds. The lowest BCUT2D eigenvalue weighted by Crippen LogP contribution is -2.52. The Kier molecular flexibility index (Phi) is 8.40. The molecule has 0 aliphatic rings. The van der Waals surface area contributed by atoms with Crippen LogP contribution in [0.2, 0.25) is 10.0 Å². The number of hydrogen-bond acceptors (Lipinski definition) is 4. The molecule has 2 atom stereocenters. The predicted octanol–water partition coefficient (Wildman–Crippen LogP) is 4.41. The van der Waals surface area contributed by atoms with E-state index in [0.717, 1.165) is 22.1 Å². The lowest BCUT2D eigenvalue weighted by Gasteiger charge is -2.19. The number of carboxylic acids is 1. The summed E-state index contributed by atoms with van der Waals surface area (Å²) < 4.78 is 2.21. The summed E-state index contributed by atoms with van der Waals surface area (Å²) in [5, 5.41) is 10.5. The number of rotatable bonds is 8. The summed E-state index contributed by atoms with van der Waals surface area (Å²) in [6, 6.07) is 11.4. The second kappa shape index (κ2) is 11.1. The average molecular weight is 519 g/mol. The Morgan fingerprint density at radius 1 is 1.06 bits per heavy atom. The minimum atomic E-state index is -1.11. The van der Waals surface area contributed by atoms with Crippen molar-refractivity contribution in [3.63, 3.8) is 0 Å². The molecule has 0 aliphatic carbocycles. The highest BCUT2D eigenvalue weighted by Gasteiger charge is 2.25. The van der Waals surface area contributed by atoms with Crippen LogP contribution in [0.4, 0.5) is 5.69 Å². The van der Waals surface area contributed by atoms with E-state index < -0.39 is 29.3 Å². The third-order valence-electron chi connectivity index (χ3n) is 5.80. The molecule has 0 saturated carbocycles. The Morgan fingerprint density at radius 3 is 2.29 bits per heavy atom. The SMILES string of the molecule is CC(C)Cc1ccc(/N=c2\[nH]c(=O)n([C@H](C)[C@H](C)C(=O)O)c(=O)n2Cc2ccc(Cl)cc2)cc1Cl. The third-order valence-corrected chi connectivity index (χ3v) is 6.41. The number of nitrogens with zero attached hydrogens (tertiary/aromatic N) is 3. The van der Waals surface area contributed by atoms with Crippen molar-refractivity contribution in [2.75, 3.05) is 0 Å². The third kappa shape index (κ3) is 6.32. The quantitative estimate of drug-likeness (QED) is 0.460. The maximum atomic E-state index is 13.5. The lowest BCUT2D eigenvalue weighted by atomic mass is 10.0. The van der Waals surface area contributed by atoms with Gasteiger partial charge in [-0.15, -0.1) is 0 Å². The molecule has 0 unspecified atom stereocenters. The number of aromatic amines is 1. The molecule has 2 N–H and O–H groups in total. The minimum absolute atomic E-state index is 0.0223. The zero-order valence-corrected chi connectivity index (χ0v) is 21.5. The summed E-state index contributed by atoms with van der Waals surface area (Å²) in [6.45, 7) is 7.24. The van der Waals surface area contributed by atoms with Crippen molar-refractivity contribution >= 4 is 34.9 Å². The van der Waals surface area contributed by atoms with Gasteiger partial charge < -0.3 is 5.11 Å². The van der Waals surface area contributed by atoms with E-state index in [-0.39, 0.29) is 12.2 Å². The van der Waals surface area contributed by atoms with E-state index in [1.54, 1.807) is 36.4 Å². The number of benzene rings is 2. The van der Waals surface area contributed by atoms with Gasteiger partial charge in [-0.05, 0) is 61.6 Å². The Hall–Kier alpha value is -3.10. The first kappa shape index (κ1) is 26.5. The van der Waals surface area contributed by atoms with E-state index in [4.69, 9.17) is 23.2 Å². The smallest absolute Gasteiger partial charge is 0.335 e. The van der Waals surface area contributed by atoms with Crippen molar-refractivity contribution in [2.45, 2.75) is 46.7 Å². The lowest BCUT2D eigenvalue weighted by molar-refractivity contribution is -0.142. The summed E-state index contributed by atoms with van der Waals surface area (Å²) in [7, 11) is 0. The number of hydrogen-bond donors (Lipinski definition) is 2.